The van der Waals surface area contributed by atoms with Gasteiger partial charge in [0.1, 0.15) is 5.75 Å². The van der Waals surface area contributed by atoms with Crippen LogP contribution in [0.25, 0.3) is 0 Å². The number of halogens is 2. The SMILES string of the molecule is CCCCCCCCCNc1ccc(OC(F)F)cc1. The molecule has 0 aliphatic heterocycles. The van der Waals surface area contributed by atoms with Gasteiger partial charge in [0.2, 0.25) is 0 Å². The maximum atomic E-state index is 12.0. The maximum Gasteiger partial charge on any atom is 0.387 e. The van der Waals surface area contributed by atoms with Crippen LogP contribution < -0.4 is 10.1 Å². The predicted octanol–water partition coefficient (Wildman–Crippen LogP) is 5.45. The van der Waals surface area contributed by atoms with Gasteiger partial charge in [-0.25, -0.2) is 0 Å². The number of hydrogen-bond acceptors (Lipinski definition) is 2. The zero-order valence-electron chi connectivity index (χ0n) is 12.2. The fourth-order valence-electron chi connectivity index (χ4n) is 2.07. The molecule has 114 valence electrons. The van der Waals surface area contributed by atoms with E-state index in [1.807, 2.05) is 0 Å². The molecular formula is C16H25F2NO. The largest absolute Gasteiger partial charge is 0.435 e. The van der Waals surface area contributed by atoms with Crippen molar-refractivity contribution in [2.24, 2.45) is 0 Å². The van der Waals surface area contributed by atoms with E-state index in [1.165, 1.54) is 38.5 Å². The second-order valence-corrected chi connectivity index (χ2v) is 4.95. The molecule has 0 bridgehead atoms. The summed E-state index contributed by atoms with van der Waals surface area (Å²) in [6.45, 7) is 0.381. The zero-order valence-corrected chi connectivity index (χ0v) is 12.2. The van der Waals surface area contributed by atoms with E-state index in [9.17, 15) is 8.78 Å². The monoisotopic (exact) mass is 285 g/mol. The average Bonchev–Trinajstić information content (AvgIpc) is 2.43. The minimum absolute atomic E-state index is 0.196. The van der Waals surface area contributed by atoms with Crippen LogP contribution in [-0.4, -0.2) is 13.2 Å². The fraction of sp³-hybridized carbons (Fsp3) is 0.625. The Morgan fingerprint density at radius 1 is 0.950 bits per heavy atom. The molecule has 0 saturated heterocycles. The van der Waals surface area contributed by atoms with E-state index in [0.717, 1.165) is 18.7 Å². The van der Waals surface area contributed by atoms with Crippen LogP contribution in [0.3, 0.4) is 0 Å². The van der Waals surface area contributed by atoms with Crippen LogP contribution in [0, 0.1) is 0 Å². The van der Waals surface area contributed by atoms with E-state index >= 15 is 0 Å². The summed E-state index contributed by atoms with van der Waals surface area (Å²) in [5.41, 5.74) is 0.942. The minimum Gasteiger partial charge on any atom is -0.435 e. The Morgan fingerprint density at radius 2 is 1.55 bits per heavy atom. The summed E-state index contributed by atoms with van der Waals surface area (Å²) >= 11 is 0. The fourth-order valence-corrected chi connectivity index (χ4v) is 2.07. The highest BCUT2D eigenvalue weighted by molar-refractivity contribution is 5.46. The van der Waals surface area contributed by atoms with Crippen molar-refractivity contribution in [3.63, 3.8) is 0 Å². The number of ether oxygens (including phenoxy) is 1. The van der Waals surface area contributed by atoms with Gasteiger partial charge in [-0.15, -0.1) is 0 Å². The molecule has 1 aromatic rings. The molecule has 0 aromatic heterocycles. The first-order valence-corrected chi connectivity index (χ1v) is 7.51. The first-order valence-electron chi connectivity index (χ1n) is 7.51. The predicted molar refractivity (Wildman–Crippen MR) is 79.6 cm³/mol. The highest BCUT2D eigenvalue weighted by Crippen LogP contribution is 2.17. The minimum atomic E-state index is -2.76. The third-order valence-corrected chi connectivity index (χ3v) is 3.19. The summed E-state index contributed by atoms with van der Waals surface area (Å²) in [7, 11) is 0. The topological polar surface area (TPSA) is 21.3 Å². The van der Waals surface area contributed by atoms with Crippen molar-refractivity contribution in [3.8, 4) is 5.75 Å². The Hall–Kier alpha value is -1.32. The number of nitrogens with one attached hydrogen (secondary N) is 1. The van der Waals surface area contributed by atoms with Gasteiger partial charge in [-0.3, -0.25) is 0 Å². The van der Waals surface area contributed by atoms with Crippen molar-refractivity contribution in [3.05, 3.63) is 24.3 Å². The summed E-state index contributed by atoms with van der Waals surface area (Å²) in [4.78, 5) is 0. The van der Waals surface area contributed by atoms with Gasteiger partial charge in [0.25, 0.3) is 0 Å². The van der Waals surface area contributed by atoms with Gasteiger partial charge in [0, 0.05) is 12.2 Å². The van der Waals surface area contributed by atoms with Gasteiger partial charge >= 0.3 is 6.61 Å². The molecule has 0 radical (unpaired) electrons. The van der Waals surface area contributed by atoms with Crippen molar-refractivity contribution >= 4 is 5.69 Å². The molecule has 0 fully saturated rings. The van der Waals surface area contributed by atoms with Gasteiger partial charge in [-0.05, 0) is 30.7 Å². The van der Waals surface area contributed by atoms with E-state index in [1.54, 1.807) is 24.3 Å². The van der Waals surface area contributed by atoms with Gasteiger partial charge in [-0.1, -0.05) is 45.4 Å². The molecule has 20 heavy (non-hydrogen) atoms. The van der Waals surface area contributed by atoms with E-state index in [2.05, 4.69) is 17.0 Å². The second-order valence-electron chi connectivity index (χ2n) is 4.95. The molecule has 0 saturated carbocycles. The second kappa shape index (κ2) is 10.5. The maximum absolute atomic E-state index is 12.0. The lowest BCUT2D eigenvalue weighted by molar-refractivity contribution is -0.0498. The van der Waals surface area contributed by atoms with Crippen LogP contribution in [0.4, 0.5) is 14.5 Å². The molecule has 4 heteroatoms. The Balaban J connectivity index is 2.07. The number of benzene rings is 1. The third kappa shape index (κ3) is 7.97. The lowest BCUT2D eigenvalue weighted by Crippen LogP contribution is -2.03. The van der Waals surface area contributed by atoms with Crippen molar-refractivity contribution in [1.82, 2.24) is 0 Å². The molecule has 0 spiro atoms. The van der Waals surface area contributed by atoms with Crippen LogP contribution in [-0.2, 0) is 0 Å². The average molecular weight is 285 g/mol. The Labute approximate surface area is 120 Å². The van der Waals surface area contributed by atoms with Gasteiger partial charge < -0.3 is 10.1 Å². The Morgan fingerprint density at radius 3 is 2.15 bits per heavy atom. The van der Waals surface area contributed by atoms with Crippen LogP contribution in [0.5, 0.6) is 5.75 Å². The van der Waals surface area contributed by atoms with E-state index in [4.69, 9.17) is 0 Å². The third-order valence-electron chi connectivity index (χ3n) is 3.19. The van der Waals surface area contributed by atoms with Crippen LogP contribution in [0.2, 0.25) is 0 Å². The zero-order chi connectivity index (χ0) is 14.6. The molecule has 0 amide bonds. The summed E-state index contributed by atoms with van der Waals surface area (Å²) in [6.07, 6.45) is 8.97. The quantitative estimate of drug-likeness (QED) is 0.546. The van der Waals surface area contributed by atoms with Crippen molar-refractivity contribution in [2.45, 2.75) is 58.5 Å². The Kier molecular flexibility index (Phi) is 8.76. The highest BCUT2D eigenvalue weighted by atomic mass is 19.3. The molecule has 0 aliphatic rings. The van der Waals surface area contributed by atoms with Gasteiger partial charge in [0.15, 0.2) is 0 Å². The number of rotatable bonds is 11. The van der Waals surface area contributed by atoms with Crippen molar-refractivity contribution < 1.29 is 13.5 Å². The van der Waals surface area contributed by atoms with Gasteiger partial charge in [-0.2, -0.15) is 8.78 Å². The molecule has 0 aliphatic carbocycles. The standard InChI is InChI=1S/C16H25F2NO/c1-2-3-4-5-6-7-8-13-19-14-9-11-15(12-10-14)20-16(17)18/h9-12,16,19H,2-8,13H2,1H3. The van der Waals surface area contributed by atoms with Crippen LogP contribution in [0.15, 0.2) is 24.3 Å². The normalized spacial score (nSPS) is 10.8. The first kappa shape index (κ1) is 16.7. The van der Waals surface area contributed by atoms with Crippen LogP contribution in [0.1, 0.15) is 51.9 Å². The lowest BCUT2D eigenvalue weighted by atomic mass is 10.1. The molecule has 1 rings (SSSR count). The van der Waals surface area contributed by atoms with Gasteiger partial charge in [0.05, 0.1) is 0 Å². The number of hydrogen-bond donors (Lipinski definition) is 1. The summed E-state index contributed by atoms with van der Waals surface area (Å²) in [6, 6.07) is 6.64. The molecule has 1 aromatic carbocycles. The highest BCUT2D eigenvalue weighted by Gasteiger charge is 2.03. The molecule has 2 nitrogen and oxygen atoms in total. The summed E-state index contributed by atoms with van der Waals surface area (Å²) < 4.78 is 28.3. The first-order chi connectivity index (χ1) is 9.72. The molecular weight excluding hydrogens is 260 g/mol. The van der Waals surface area contributed by atoms with Crippen molar-refractivity contribution in [1.29, 1.82) is 0 Å². The smallest absolute Gasteiger partial charge is 0.387 e. The molecule has 0 heterocycles. The van der Waals surface area contributed by atoms with E-state index < -0.39 is 6.61 Å². The number of anilines is 1. The Bertz CT molecular complexity index is 341. The molecule has 0 unspecified atom stereocenters. The van der Waals surface area contributed by atoms with Crippen LogP contribution >= 0.6 is 0 Å². The summed E-state index contributed by atoms with van der Waals surface area (Å²) in [5, 5.41) is 3.28. The molecule has 1 N–H and O–H groups in total. The lowest BCUT2D eigenvalue weighted by Gasteiger charge is -2.08. The van der Waals surface area contributed by atoms with E-state index in [-0.39, 0.29) is 5.75 Å². The summed E-state index contributed by atoms with van der Waals surface area (Å²) in [5.74, 6) is 0.196. The van der Waals surface area contributed by atoms with E-state index in [0.29, 0.717) is 0 Å². The van der Waals surface area contributed by atoms with Crippen molar-refractivity contribution in [2.75, 3.05) is 11.9 Å². The number of alkyl halides is 2. The molecule has 0 atom stereocenters. The number of unbranched alkanes of at least 4 members (excludes halogenated alkanes) is 6.